The van der Waals surface area contributed by atoms with E-state index >= 15 is 0 Å². The molecule has 0 radical (unpaired) electrons. The molecule has 6 aromatic rings. The molecular formula is C58H48Cl2N8O. The zero-order valence-corrected chi connectivity index (χ0v) is 40.1. The number of halogens is 2. The Kier molecular flexibility index (Phi) is 10.1. The van der Waals surface area contributed by atoms with Crippen LogP contribution in [0.25, 0.3) is 16.7 Å². The third kappa shape index (κ3) is 7.10. The van der Waals surface area contributed by atoms with Gasteiger partial charge < -0.3 is 30.0 Å². The average Bonchev–Trinajstić information content (AvgIpc) is 4.19. The number of nitrogens with zero attached hydrogens (tertiary/aromatic N) is 5. The van der Waals surface area contributed by atoms with E-state index in [0.717, 1.165) is 79.0 Å². The van der Waals surface area contributed by atoms with Crippen LogP contribution in [-0.4, -0.2) is 53.4 Å². The van der Waals surface area contributed by atoms with E-state index in [2.05, 4.69) is 173 Å². The highest BCUT2D eigenvalue weighted by atomic mass is 35.5. The van der Waals surface area contributed by atoms with Gasteiger partial charge in [-0.3, -0.25) is 9.79 Å². The molecule has 8 heterocycles. The van der Waals surface area contributed by atoms with Gasteiger partial charge in [0, 0.05) is 127 Å². The number of aromatic amines is 2. The highest BCUT2D eigenvalue weighted by molar-refractivity contribution is 6.41. The van der Waals surface area contributed by atoms with Crippen molar-refractivity contribution in [1.82, 2.24) is 9.97 Å². The van der Waals surface area contributed by atoms with E-state index in [4.69, 9.17) is 33.2 Å². The van der Waals surface area contributed by atoms with Crippen LogP contribution in [-0.2, 0) is 28.9 Å². The van der Waals surface area contributed by atoms with E-state index in [9.17, 15) is 4.79 Å². The number of rotatable bonds is 5. The summed E-state index contributed by atoms with van der Waals surface area (Å²) in [7, 11) is 6.29. The molecule has 0 saturated heterocycles. The zero-order chi connectivity index (χ0) is 47.2. The van der Waals surface area contributed by atoms with Crippen molar-refractivity contribution in [1.29, 1.82) is 0 Å². The number of aromatic nitrogens is 2. The van der Waals surface area contributed by atoms with Crippen LogP contribution < -0.4 is 30.7 Å². The molecule has 6 aliphatic heterocycles. The van der Waals surface area contributed by atoms with Gasteiger partial charge in [-0.15, -0.1) is 11.6 Å². The molecular weight excluding hydrogens is 896 g/mol. The molecule has 12 rings (SSSR count). The van der Waals surface area contributed by atoms with E-state index in [-0.39, 0.29) is 5.91 Å². The number of allylic oxidation sites excluding steroid dienone is 7. The predicted octanol–water partition coefficient (Wildman–Crippen LogP) is 10.2. The van der Waals surface area contributed by atoms with Crippen molar-refractivity contribution in [2.24, 2.45) is 9.98 Å². The summed E-state index contributed by atoms with van der Waals surface area (Å²) in [5.74, 6) is -0.167. The maximum Gasteiger partial charge on any atom is 0.221 e. The van der Waals surface area contributed by atoms with Gasteiger partial charge in [-0.25, -0.2) is 4.99 Å². The second-order valence-electron chi connectivity index (χ2n) is 18.5. The minimum absolute atomic E-state index is 0.167. The van der Waals surface area contributed by atoms with Crippen molar-refractivity contribution in [3.05, 3.63) is 231 Å². The number of benzene rings is 4. The Morgan fingerprint density at radius 1 is 0.594 bits per heavy atom. The fourth-order valence-electron chi connectivity index (χ4n) is 10.9. The number of alkyl halides is 2. The molecule has 4 aromatic carbocycles. The fourth-order valence-corrected chi connectivity index (χ4v) is 11.6. The summed E-state index contributed by atoms with van der Waals surface area (Å²) in [5.41, 5.74) is 18.6. The molecule has 3 N–H and O–H groups in total. The highest BCUT2D eigenvalue weighted by Gasteiger charge is 2.54. The second-order valence-corrected chi connectivity index (χ2v) is 19.7. The lowest BCUT2D eigenvalue weighted by atomic mass is 9.87. The Morgan fingerprint density at radius 2 is 1.12 bits per heavy atom. The molecule has 11 heteroatoms. The van der Waals surface area contributed by atoms with Gasteiger partial charge in [0.25, 0.3) is 0 Å². The first-order chi connectivity index (χ1) is 33.4. The number of hydrogen-bond acceptors (Lipinski definition) is 6. The molecule has 2 unspecified atom stereocenters. The zero-order valence-electron chi connectivity index (χ0n) is 38.6. The highest BCUT2D eigenvalue weighted by Crippen LogP contribution is 2.54. The van der Waals surface area contributed by atoms with Crippen molar-refractivity contribution in [2.45, 2.75) is 36.1 Å². The summed E-state index contributed by atoms with van der Waals surface area (Å²) in [6, 6.07) is 41.6. The number of carbonyl (C=O) groups is 1. The van der Waals surface area contributed by atoms with E-state index < -0.39 is 9.87 Å². The monoisotopic (exact) mass is 942 g/mol. The van der Waals surface area contributed by atoms with Gasteiger partial charge in [0.1, 0.15) is 0 Å². The van der Waals surface area contributed by atoms with Gasteiger partial charge >= 0.3 is 0 Å². The fraction of sp³-hybridized carbons (Fsp3) is 0.155. The normalized spacial score (nSPS) is 21.3. The Hall–Kier alpha value is -7.59. The first-order valence-electron chi connectivity index (χ1n) is 23.2. The first-order valence-corrected chi connectivity index (χ1v) is 24.0. The summed E-state index contributed by atoms with van der Waals surface area (Å²) in [5, 5.41) is 4.72. The van der Waals surface area contributed by atoms with Crippen molar-refractivity contribution in [3.63, 3.8) is 0 Å². The van der Waals surface area contributed by atoms with Crippen molar-refractivity contribution in [3.8, 4) is 0 Å². The largest absolute Gasteiger partial charge is 0.356 e. The Balaban J connectivity index is 1.15. The molecule has 340 valence electrons. The number of anilines is 4. The molecule has 69 heavy (non-hydrogen) atoms. The number of H-pyrrole nitrogens is 2. The standard InChI is InChI=1S/C58H48Cl2N8O/c1-35(69)61-43-19-17-42(18-20-43)58(60)53-26-25-48(64-53)55(40-30-37-12-6-9-15-51(37)67(3)33-40)46-22-21-44(62-46)54(39-29-36-11-5-8-14-50(36)66(2)32-39)45-23-24-47(63-45)56(49-27-28-57(58,59)65-49)41-31-38-13-7-10-16-52(38)68(4)34-41/h5-28,32-34,63-64H,29-31H2,1-4H3,(H,61,69). The summed E-state index contributed by atoms with van der Waals surface area (Å²) >= 11 is 16.3. The number of hydrogen-bond donors (Lipinski definition) is 3. The maximum absolute atomic E-state index is 12.1. The Morgan fingerprint density at radius 3 is 1.67 bits per heavy atom. The molecule has 6 aliphatic rings. The molecule has 2 aromatic heterocycles. The lowest BCUT2D eigenvalue weighted by Gasteiger charge is -2.37. The molecule has 0 spiro atoms. The molecule has 8 bridgehead atoms. The van der Waals surface area contributed by atoms with Crippen molar-refractivity contribution >= 4 is 80.0 Å². The van der Waals surface area contributed by atoms with Gasteiger partial charge in [-0.05, 0) is 118 Å². The number of amides is 1. The number of nitrogens with one attached hydrogen (secondary N) is 3. The van der Waals surface area contributed by atoms with Gasteiger partial charge in [0.15, 0.2) is 9.87 Å². The topological polar surface area (TPSA) is 95.1 Å². The van der Waals surface area contributed by atoms with Crippen LogP contribution in [0.2, 0.25) is 0 Å². The lowest BCUT2D eigenvalue weighted by Crippen LogP contribution is -2.41. The average molecular weight is 944 g/mol. The van der Waals surface area contributed by atoms with Gasteiger partial charge in [-0.2, -0.15) is 0 Å². The van der Waals surface area contributed by atoms with Crippen LogP contribution in [0.3, 0.4) is 0 Å². The third-order valence-corrected chi connectivity index (χ3v) is 15.4. The summed E-state index contributed by atoms with van der Waals surface area (Å²) in [6.45, 7) is 1.49. The van der Waals surface area contributed by atoms with E-state index in [1.807, 2.05) is 42.5 Å². The first kappa shape index (κ1) is 42.7. The number of carbonyl (C=O) groups excluding carboxylic acids is 1. The molecule has 2 atom stereocenters. The van der Waals surface area contributed by atoms with Crippen molar-refractivity contribution in [2.75, 3.05) is 41.2 Å². The second kappa shape index (κ2) is 16.3. The summed E-state index contributed by atoms with van der Waals surface area (Å²) in [6.07, 6.45) is 17.0. The van der Waals surface area contributed by atoms with E-state index in [1.54, 1.807) is 0 Å². The van der Waals surface area contributed by atoms with Gasteiger partial charge in [0.2, 0.25) is 5.91 Å². The SMILES string of the molecule is CC(=O)Nc1ccc(C2(Cl)c3ccc([nH]3)C(C3=CN(C)c4ccccc4C3)=C3C=CC(=N3)C(C3=CN(C)c4ccccc4C3)=c3ccc([nH]3)=C(C3=CN(C)c4ccccc4C3)C3=NC2(Cl)C=C3)cc1. The molecule has 1 amide bonds. The number of para-hydroxylation sites is 3. The third-order valence-electron chi connectivity index (χ3n) is 14.1. The number of fused-ring (bicyclic) bond motifs is 9. The van der Waals surface area contributed by atoms with Crippen LogP contribution in [0, 0.1) is 0 Å². The van der Waals surface area contributed by atoms with Crippen LogP contribution in [0.15, 0.2) is 197 Å². The predicted molar refractivity (Wildman–Crippen MR) is 284 cm³/mol. The molecule has 0 aliphatic carbocycles. The molecule has 0 fully saturated rings. The number of aliphatic imine (C=N–C) groups is 2. The van der Waals surface area contributed by atoms with Crippen LogP contribution in [0.4, 0.5) is 22.7 Å². The minimum Gasteiger partial charge on any atom is -0.356 e. The van der Waals surface area contributed by atoms with E-state index in [0.29, 0.717) is 35.5 Å². The van der Waals surface area contributed by atoms with Crippen molar-refractivity contribution < 1.29 is 4.79 Å². The Bertz CT molecular complexity index is 3580. The molecule has 9 nitrogen and oxygen atoms in total. The summed E-state index contributed by atoms with van der Waals surface area (Å²) < 4.78 is 0. The van der Waals surface area contributed by atoms with Crippen LogP contribution in [0.1, 0.15) is 40.6 Å². The van der Waals surface area contributed by atoms with Gasteiger partial charge in [-0.1, -0.05) is 78.3 Å². The Labute approximate surface area is 410 Å². The van der Waals surface area contributed by atoms with E-state index in [1.165, 1.54) is 29.3 Å². The van der Waals surface area contributed by atoms with Crippen LogP contribution in [0.5, 0.6) is 0 Å². The maximum atomic E-state index is 12.1. The quantitative estimate of drug-likeness (QED) is 0.119. The van der Waals surface area contributed by atoms with Crippen LogP contribution >= 0.6 is 23.2 Å². The smallest absolute Gasteiger partial charge is 0.221 e. The molecule has 0 saturated carbocycles. The van der Waals surface area contributed by atoms with Gasteiger partial charge in [0.05, 0.1) is 17.1 Å². The minimum atomic E-state index is -1.53. The summed E-state index contributed by atoms with van der Waals surface area (Å²) in [4.78, 5) is 34.6. The lowest BCUT2D eigenvalue weighted by molar-refractivity contribution is -0.114.